The van der Waals surface area contributed by atoms with Crippen molar-refractivity contribution in [2.45, 2.75) is 20.4 Å². The highest BCUT2D eigenvalue weighted by Crippen LogP contribution is 2.18. The molecule has 0 radical (unpaired) electrons. The summed E-state index contributed by atoms with van der Waals surface area (Å²) < 4.78 is 3.68. The van der Waals surface area contributed by atoms with Crippen LogP contribution in [0.25, 0.3) is 0 Å². The first-order chi connectivity index (χ1) is 8.99. The molecule has 0 aromatic carbocycles. The summed E-state index contributed by atoms with van der Waals surface area (Å²) in [5.74, 6) is -1.28. The lowest BCUT2D eigenvalue weighted by Crippen LogP contribution is -2.22. The Morgan fingerprint density at radius 3 is 2.53 bits per heavy atom. The number of aryl methyl sites for hydroxylation is 2. The Bertz CT molecular complexity index is 635. The van der Waals surface area contributed by atoms with Crippen molar-refractivity contribution in [2.75, 3.05) is 0 Å². The molecule has 0 saturated carbocycles. The summed E-state index contributed by atoms with van der Waals surface area (Å²) in [6, 6.07) is 0. The molecule has 0 aliphatic rings. The van der Waals surface area contributed by atoms with E-state index in [1.807, 2.05) is 0 Å². The third kappa shape index (κ3) is 2.93. The largest absolute Gasteiger partial charge is 0.477 e. The summed E-state index contributed by atoms with van der Waals surface area (Å²) in [4.78, 5) is 27.4. The number of thiazole rings is 1. The van der Waals surface area contributed by atoms with E-state index in [0.717, 1.165) is 22.9 Å². The number of nitrogens with one attached hydrogen (secondary N) is 1. The molecule has 0 unspecified atom stereocenters. The van der Waals surface area contributed by atoms with E-state index < -0.39 is 5.97 Å². The Labute approximate surface area is 116 Å². The summed E-state index contributed by atoms with van der Waals surface area (Å²) in [6.45, 7) is 3.52. The van der Waals surface area contributed by atoms with Crippen molar-refractivity contribution in [3.63, 3.8) is 0 Å². The van der Waals surface area contributed by atoms with Gasteiger partial charge in [-0.2, -0.15) is 0 Å². The molecule has 0 fully saturated rings. The van der Waals surface area contributed by atoms with Crippen LogP contribution in [-0.4, -0.2) is 31.6 Å². The van der Waals surface area contributed by atoms with Crippen LogP contribution >= 0.6 is 22.9 Å². The van der Waals surface area contributed by atoms with Gasteiger partial charge in [0.15, 0.2) is 0 Å². The molecule has 2 N–H and O–H groups in total. The molecule has 2 aromatic rings. The van der Waals surface area contributed by atoms with Crippen LogP contribution in [0.5, 0.6) is 0 Å². The number of hydrogen-bond donors (Lipinski definition) is 2. The molecular formula is C10H10N4O3S2. The van der Waals surface area contributed by atoms with E-state index in [1.54, 1.807) is 13.8 Å². The predicted molar refractivity (Wildman–Crippen MR) is 69.6 cm³/mol. The van der Waals surface area contributed by atoms with Crippen LogP contribution in [-0.2, 0) is 6.54 Å². The second-order valence-electron chi connectivity index (χ2n) is 3.70. The molecule has 7 nitrogen and oxygen atoms in total. The van der Waals surface area contributed by atoms with Gasteiger partial charge in [-0.05, 0) is 25.4 Å². The Kier molecular flexibility index (Phi) is 3.86. The number of amides is 1. The zero-order valence-electron chi connectivity index (χ0n) is 10.1. The number of hydrogen-bond acceptors (Lipinski definition) is 7. The molecule has 100 valence electrons. The van der Waals surface area contributed by atoms with Gasteiger partial charge in [-0.15, -0.1) is 16.4 Å². The normalized spacial score (nSPS) is 10.4. The molecule has 19 heavy (non-hydrogen) atoms. The Balaban J connectivity index is 2.03. The van der Waals surface area contributed by atoms with E-state index in [2.05, 4.69) is 19.9 Å². The fraction of sp³-hybridized carbons (Fsp3) is 0.300. The van der Waals surface area contributed by atoms with Gasteiger partial charge in [0, 0.05) is 0 Å². The fourth-order valence-corrected chi connectivity index (χ4v) is 2.82. The average molecular weight is 298 g/mol. The van der Waals surface area contributed by atoms with E-state index in [-0.39, 0.29) is 17.3 Å². The summed E-state index contributed by atoms with van der Waals surface area (Å²) in [5, 5.41) is 15.9. The molecule has 0 saturated heterocycles. The van der Waals surface area contributed by atoms with Crippen LogP contribution in [0, 0.1) is 13.8 Å². The van der Waals surface area contributed by atoms with Crippen molar-refractivity contribution in [1.29, 1.82) is 0 Å². The molecule has 0 bridgehead atoms. The van der Waals surface area contributed by atoms with Crippen molar-refractivity contribution in [3.05, 3.63) is 26.1 Å². The monoisotopic (exact) mass is 298 g/mol. The summed E-state index contributed by atoms with van der Waals surface area (Å²) in [6.07, 6.45) is 0. The first-order valence-corrected chi connectivity index (χ1v) is 6.84. The van der Waals surface area contributed by atoms with Crippen LogP contribution < -0.4 is 5.32 Å². The maximum absolute atomic E-state index is 11.8. The number of rotatable bonds is 4. The van der Waals surface area contributed by atoms with E-state index >= 15 is 0 Å². The highest BCUT2D eigenvalue weighted by atomic mass is 32.1. The molecule has 0 spiro atoms. The van der Waals surface area contributed by atoms with Gasteiger partial charge in [0.05, 0.1) is 17.9 Å². The number of aromatic nitrogens is 3. The number of aromatic carboxylic acids is 1. The van der Waals surface area contributed by atoms with Gasteiger partial charge in [0.2, 0.25) is 0 Å². The minimum Gasteiger partial charge on any atom is -0.477 e. The number of carbonyl (C=O) groups is 2. The Morgan fingerprint density at radius 2 is 2.00 bits per heavy atom. The van der Waals surface area contributed by atoms with Gasteiger partial charge in [0.1, 0.15) is 14.8 Å². The fourth-order valence-electron chi connectivity index (χ4n) is 1.40. The van der Waals surface area contributed by atoms with Gasteiger partial charge < -0.3 is 10.4 Å². The van der Waals surface area contributed by atoms with Crippen molar-refractivity contribution >= 4 is 34.7 Å². The molecule has 0 atom stereocenters. The zero-order valence-corrected chi connectivity index (χ0v) is 11.8. The van der Waals surface area contributed by atoms with Gasteiger partial charge in [-0.3, -0.25) is 4.79 Å². The van der Waals surface area contributed by atoms with Crippen LogP contribution in [0.15, 0.2) is 0 Å². The minimum atomic E-state index is -1.00. The lowest BCUT2D eigenvalue weighted by Gasteiger charge is -2.00. The molecule has 0 aliphatic heterocycles. The maximum Gasteiger partial charge on any atom is 0.347 e. The van der Waals surface area contributed by atoms with Crippen LogP contribution in [0.4, 0.5) is 0 Å². The van der Waals surface area contributed by atoms with E-state index in [4.69, 9.17) is 5.11 Å². The van der Waals surface area contributed by atoms with Crippen LogP contribution in [0.1, 0.15) is 35.7 Å². The second-order valence-corrected chi connectivity index (χ2v) is 5.54. The molecule has 0 aliphatic carbocycles. The zero-order chi connectivity index (χ0) is 14.0. The van der Waals surface area contributed by atoms with E-state index in [9.17, 15) is 9.59 Å². The molecular weight excluding hydrogens is 288 g/mol. The number of carbonyl (C=O) groups excluding carboxylic acids is 1. The van der Waals surface area contributed by atoms with Crippen LogP contribution in [0.2, 0.25) is 0 Å². The maximum atomic E-state index is 11.8. The predicted octanol–water partition coefficient (Wildman–Crippen LogP) is 1.24. The highest BCUT2D eigenvalue weighted by Gasteiger charge is 2.16. The molecule has 2 rings (SSSR count). The SMILES string of the molecule is Cc1nc(CNC(=O)c2snnc2C)sc1C(=O)O. The van der Waals surface area contributed by atoms with Crippen molar-refractivity contribution in [1.82, 2.24) is 19.9 Å². The quantitative estimate of drug-likeness (QED) is 0.879. The number of carboxylic acid groups (broad SMARTS) is 1. The standard InChI is InChI=1S/C10H10N4O3S2/c1-4-8(10(16)17)18-6(12-4)3-11-9(15)7-5(2)13-14-19-7/h3H2,1-2H3,(H,11,15)(H,16,17). The molecule has 2 aromatic heterocycles. The number of carboxylic acids is 1. The highest BCUT2D eigenvalue weighted by molar-refractivity contribution is 7.13. The smallest absolute Gasteiger partial charge is 0.347 e. The summed E-state index contributed by atoms with van der Waals surface area (Å²) in [7, 11) is 0. The average Bonchev–Trinajstić information content (AvgIpc) is 2.92. The van der Waals surface area contributed by atoms with Gasteiger partial charge in [0.25, 0.3) is 5.91 Å². The van der Waals surface area contributed by atoms with E-state index in [1.165, 1.54) is 0 Å². The lowest BCUT2D eigenvalue weighted by molar-refractivity contribution is 0.0701. The lowest BCUT2D eigenvalue weighted by atomic mass is 10.4. The Hall–Kier alpha value is -1.87. The van der Waals surface area contributed by atoms with E-state index in [0.29, 0.717) is 21.3 Å². The van der Waals surface area contributed by atoms with Gasteiger partial charge >= 0.3 is 5.97 Å². The minimum absolute atomic E-state index is 0.189. The third-order valence-electron chi connectivity index (χ3n) is 2.29. The molecule has 1 amide bonds. The molecule has 9 heteroatoms. The van der Waals surface area contributed by atoms with Crippen LogP contribution in [0.3, 0.4) is 0 Å². The van der Waals surface area contributed by atoms with Crippen molar-refractivity contribution in [2.24, 2.45) is 0 Å². The third-order valence-corrected chi connectivity index (χ3v) is 4.27. The topological polar surface area (TPSA) is 105 Å². The number of nitrogens with zero attached hydrogens (tertiary/aromatic N) is 3. The van der Waals surface area contributed by atoms with Crippen molar-refractivity contribution < 1.29 is 14.7 Å². The Morgan fingerprint density at radius 1 is 1.26 bits per heavy atom. The first kappa shape index (κ1) is 13.6. The van der Waals surface area contributed by atoms with Crippen molar-refractivity contribution in [3.8, 4) is 0 Å². The first-order valence-electron chi connectivity index (χ1n) is 5.25. The van der Waals surface area contributed by atoms with Gasteiger partial charge in [-0.1, -0.05) is 4.49 Å². The van der Waals surface area contributed by atoms with Gasteiger partial charge in [-0.25, -0.2) is 9.78 Å². The summed E-state index contributed by atoms with van der Waals surface area (Å²) in [5.41, 5.74) is 1.03. The summed E-state index contributed by atoms with van der Waals surface area (Å²) >= 11 is 2.08. The molecule has 2 heterocycles. The second kappa shape index (κ2) is 5.41.